The predicted molar refractivity (Wildman–Crippen MR) is 54.1 cm³/mol. The van der Waals surface area contributed by atoms with Crippen molar-refractivity contribution in [2.45, 2.75) is 11.3 Å². The van der Waals surface area contributed by atoms with Gasteiger partial charge in [-0.15, -0.1) is 13.2 Å². The Hall–Kier alpha value is -1.15. The van der Waals surface area contributed by atoms with Gasteiger partial charge in [-0.25, -0.2) is 4.39 Å². The summed E-state index contributed by atoms with van der Waals surface area (Å²) in [5.74, 6) is -1.06. The average molecular weight is 271 g/mol. The molecule has 1 aromatic carbocycles. The zero-order valence-corrected chi connectivity index (χ0v) is 9.28. The van der Waals surface area contributed by atoms with E-state index >= 15 is 0 Å². The lowest BCUT2D eigenvalue weighted by atomic mass is 10.3. The van der Waals surface area contributed by atoms with Crippen molar-refractivity contribution in [3.63, 3.8) is 0 Å². The van der Waals surface area contributed by atoms with E-state index in [-0.39, 0.29) is 10.6 Å². The second kappa shape index (κ2) is 5.46. The number of nitrogens with two attached hydrogens (primary N) is 1. The van der Waals surface area contributed by atoms with Gasteiger partial charge in [-0.1, -0.05) is 0 Å². The highest BCUT2D eigenvalue weighted by Gasteiger charge is 2.29. The molecule has 0 aromatic heterocycles. The first kappa shape index (κ1) is 13.9. The highest BCUT2D eigenvalue weighted by molar-refractivity contribution is 7.85. The molecule has 2 N–H and O–H groups in total. The van der Waals surface area contributed by atoms with E-state index in [4.69, 9.17) is 5.73 Å². The second-order valence-corrected chi connectivity index (χ2v) is 4.57. The molecule has 0 saturated heterocycles. The molecule has 0 heterocycles. The molecule has 0 radical (unpaired) electrons. The fourth-order valence-electron chi connectivity index (χ4n) is 1.05. The van der Waals surface area contributed by atoms with E-state index < -0.39 is 35.3 Å². The molecule has 1 unspecified atom stereocenters. The van der Waals surface area contributed by atoms with Crippen molar-refractivity contribution >= 4 is 16.5 Å². The van der Waals surface area contributed by atoms with Crippen molar-refractivity contribution in [3.05, 3.63) is 24.0 Å². The van der Waals surface area contributed by atoms with E-state index in [0.29, 0.717) is 0 Å². The maximum Gasteiger partial charge on any atom is 0.522 e. The number of anilines is 1. The molecule has 0 aliphatic rings. The van der Waals surface area contributed by atoms with Crippen molar-refractivity contribution in [1.29, 1.82) is 0 Å². The smallest absolute Gasteiger partial charge is 0.398 e. The van der Waals surface area contributed by atoms with Crippen LogP contribution in [0.1, 0.15) is 0 Å². The third kappa shape index (κ3) is 4.70. The molecule has 0 amide bonds. The summed E-state index contributed by atoms with van der Waals surface area (Å²) in [5, 5.41) is 0. The molecule has 0 aliphatic carbocycles. The summed E-state index contributed by atoms with van der Waals surface area (Å²) in [6.45, 7) is -0.772. The second-order valence-electron chi connectivity index (χ2n) is 3.03. The molecule has 17 heavy (non-hydrogen) atoms. The van der Waals surface area contributed by atoms with Gasteiger partial charge in [0.05, 0.1) is 28.1 Å². The van der Waals surface area contributed by atoms with Crippen LogP contribution in [0.25, 0.3) is 0 Å². The quantitative estimate of drug-likeness (QED) is 0.673. The van der Waals surface area contributed by atoms with Crippen LogP contribution < -0.4 is 5.73 Å². The van der Waals surface area contributed by atoms with Crippen LogP contribution in [-0.2, 0) is 15.5 Å². The number of ether oxygens (including phenoxy) is 1. The van der Waals surface area contributed by atoms with Crippen LogP contribution in [0.3, 0.4) is 0 Å². The van der Waals surface area contributed by atoms with Gasteiger partial charge in [0.15, 0.2) is 0 Å². The zero-order valence-electron chi connectivity index (χ0n) is 8.46. The van der Waals surface area contributed by atoms with Gasteiger partial charge in [0.2, 0.25) is 0 Å². The summed E-state index contributed by atoms with van der Waals surface area (Å²) in [4.78, 5) is -0.0317. The molecule has 1 rings (SSSR count). The van der Waals surface area contributed by atoms with Crippen LogP contribution >= 0.6 is 0 Å². The summed E-state index contributed by atoms with van der Waals surface area (Å²) in [7, 11) is -1.83. The largest absolute Gasteiger partial charge is 0.522 e. The van der Waals surface area contributed by atoms with Crippen molar-refractivity contribution < 1.29 is 26.5 Å². The molecule has 0 aliphatic heterocycles. The highest BCUT2D eigenvalue weighted by Crippen LogP contribution is 2.19. The maximum atomic E-state index is 12.8. The SMILES string of the molecule is Nc1ccc(F)cc1S(=O)CCOC(F)(F)F. The summed E-state index contributed by atoms with van der Waals surface area (Å²) in [5.41, 5.74) is 5.49. The van der Waals surface area contributed by atoms with Crippen molar-refractivity contribution in [2.75, 3.05) is 18.1 Å². The molecule has 0 saturated carbocycles. The Bertz CT molecular complexity index is 422. The number of alkyl halides is 3. The first-order valence-electron chi connectivity index (χ1n) is 4.43. The molecule has 96 valence electrons. The van der Waals surface area contributed by atoms with E-state index in [2.05, 4.69) is 4.74 Å². The molecule has 1 aromatic rings. The highest BCUT2D eigenvalue weighted by atomic mass is 32.2. The number of halogens is 4. The van der Waals surface area contributed by atoms with Crippen LogP contribution in [0.5, 0.6) is 0 Å². The van der Waals surface area contributed by atoms with Gasteiger partial charge in [0.25, 0.3) is 0 Å². The first-order valence-corrected chi connectivity index (χ1v) is 5.75. The number of hydrogen-bond acceptors (Lipinski definition) is 3. The Kier molecular flexibility index (Phi) is 4.47. The Morgan fingerprint density at radius 2 is 2.00 bits per heavy atom. The molecule has 0 spiro atoms. The monoisotopic (exact) mass is 271 g/mol. The van der Waals surface area contributed by atoms with Crippen molar-refractivity contribution in [1.82, 2.24) is 0 Å². The lowest BCUT2D eigenvalue weighted by molar-refractivity contribution is -0.322. The average Bonchev–Trinajstić information content (AvgIpc) is 2.19. The van der Waals surface area contributed by atoms with Gasteiger partial charge in [-0.3, -0.25) is 8.95 Å². The third-order valence-electron chi connectivity index (χ3n) is 1.76. The van der Waals surface area contributed by atoms with Crippen LogP contribution in [0.2, 0.25) is 0 Å². The molecular weight excluding hydrogens is 262 g/mol. The van der Waals surface area contributed by atoms with Crippen molar-refractivity contribution in [2.24, 2.45) is 0 Å². The zero-order chi connectivity index (χ0) is 13.1. The van der Waals surface area contributed by atoms with Crippen molar-refractivity contribution in [3.8, 4) is 0 Å². The Morgan fingerprint density at radius 3 is 2.59 bits per heavy atom. The standard InChI is InChI=1S/C9H9F4NO2S/c10-6-1-2-7(14)8(5-6)17(15)4-3-16-9(11,12)13/h1-2,5H,3-4,14H2. The Balaban J connectivity index is 2.61. The fourth-order valence-corrected chi connectivity index (χ4v) is 2.08. The van der Waals surface area contributed by atoms with Crippen LogP contribution in [0.4, 0.5) is 23.2 Å². The molecule has 0 bridgehead atoms. The minimum atomic E-state index is -4.77. The molecule has 3 nitrogen and oxygen atoms in total. The van der Waals surface area contributed by atoms with E-state index in [1.54, 1.807) is 0 Å². The van der Waals surface area contributed by atoms with Gasteiger partial charge in [-0.05, 0) is 18.2 Å². The fraction of sp³-hybridized carbons (Fsp3) is 0.333. The molecule has 8 heteroatoms. The number of rotatable bonds is 4. The van der Waals surface area contributed by atoms with E-state index in [1.807, 2.05) is 0 Å². The topological polar surface area (TPSA) is 52.3 Å². The molecular formula is C9H9F4NO2S. The normalized spacial score (nSPS) is 13.6. The van der Waals surface area contributed by atoms with Gasteiger partial charge < -0.3 is 5.73 Å². The minimum Gasteiger partial charge on any atom is -0.398 e. The van der Waals surface area contributed by atoms with Gasteiger partial charge in [0.1, 0.15) is 5.82 Å². The van der Waals surface area contributed by atoms with E-state index in [9.17, 15) is 21.8 Å². The summed E-state index contributed by atoms with van der Waals surface area (Å²) in [6, 6.07) is 3.20. The van der Waals surface area contributed by atoms with Gasteiger partial charge in [0, 0.05) is 5.69 Å². The number of nitrogen functional groups attached to an aromatic ring is 1. The Morgan fingerprint density at radius 1 is 1.35 bits per heavy atom. The summed E-state index contributed by atoms with van der Waals surface area (Å²) in [6.07, 6.45) is -4.77. The molecule has 0 fully saturated rings. The number of hydrogen-bond donors (Lipinski definition) is 1. The van der Waals surface area contributed by atoms with Crippen LogP contribution in [0, 0.1) is 5.82 Å². The van der Waals surface area contributed by atoms with Crippen LogP contribution in [0.15, 0.2) is 23.1 Å². The van der Waals surface area contributed by atoms with E-state index in [0.717, 1.165) is 12.1 Å². The van der Waals surface area contributed by atoms with Crippen LogP contribution in [-0.4, -0.2) is 22.9 Å². The Labute approximate surface area is 97.0 Å². The van der Waals surface area contributed by atoms with Gasteiger partial charge in [-0.2, -0.15) is 0 Å². The third-order valence-corrected chi connectivity index (χ3v) is 3.14. The molecule has 1 atom stereocenters. The number of benzene rings is 1. The summed E-state index contributed by atoms with van der Waals surface area (Å²) < 4.78 is 62.7. The lowest BCUT2D eigenvalue weighted by Crippen LogP contribution is -2.18. The van der Waals surface area contributed by atoms with Gasteiger partial charge >= 0.3 is 6.36 Å². The lowest BCUT2D eigenvalue weighted by Gasteiger charge is -2.08. The summed E-state index contributed by atoms with van der Waals surface area (Å²) >= 11 is 0. The minimum absolute atomic E-state index is 0.0317. The first-order chi connectivity index (χ1) is 7.79. The maximum absolute atomic E-state index is 12.8. The van der Waals surface area contributed by atoms with E-state index in [1.165, 1.54) is 6.07 Å². The predicted octanol–water partition coefficient (Wildman–Crippen LogP) is 2.05.